The van der Waals surface area contributed by atoms with Crippen molar-refractivity contribution in [3.05, 3.63) is 28.3 Å². The van der Waals surface area contributed by atoms with Crippen LogP contribution >= 0.6 is 0 Å². The molecule has 7 heteroatoms. The maximum absolute atomic E-state index is 11.7. The normalized spacial score (nSPS) is 11.2. The van der Waals surface area contributed by atoms with E-state index < -0.39 is 11.5 Å². The number of fused-ring (bicyclic) bond motifs is 1. The molecule has 0 aliphatic rings. The van der Waals surface area contributed by atoms with E-state index in [9.17, 15) is 14.7 Å². The van der Waals surface area contributed by atoms with E-state index in [4.69, 9.17) is 5.73 Å². The predicted molar refractivity (Wildman–Crippen MR) is 60.0 cm³/mol. The molecule has 2 aromatic rings. The highest BCUT2D eigenvalue weighted by molar-refractivity contribution is 5.91. The lowest BCUT2D eigenvalue weighted by Gasteiger charge is -2.09. The Balaban J connectivity index is 2.89. The van der Waals surface area contributed by atoms with Crippen molar-refractivity contribution in [2.75, 3.05) is 0 Å². The summed E-state index contributed by atoms with van der Waals surface area (Å²) in [5, 5.41) is 9.71. The molecule has 0 saturated carbocycles. The fourth-order valence-electron chi connectivity index (χ4n) is 1.67. The summed E-state index contributed by atoms with van der Waals surface area (Å²) < 4.78 is 2.61. The van der Waals surface area contributed by atoms with Crippen molar-refractivity contribution in [3.8, 4) is 5.88 Å². The van der Waals surface area contributed by atoms with Crippen LogP contribution in [0, 0.1) is 0 Å². The van der Waals surface area contributed by atoms with Crippen molar-refractivity contribution in [2.24, 2.45) is 5.73 Å². The molecule has 0 atom stereocenters. The number of hydrogen-bond acceptors (Lipinski definition) is 4. The monoisotopic (exact) mass is 236 g/mol. The van der Waals surface area contributed by atoms with Gasteiger partial charge in [-0.05, 0) is 13.8 Å². The summed E-state index contributed by atoms with van der Waals surface area (Å²) in [4.78, 5) is 26.7. The van der Waals surface area contributed by atoms with Gasteiger partial charge in [0.2, 0.25) is 11.7 Å². The number of aromatic hydroxyl groups is 1. The van der Waals surface area contributed by atoms with Gasteiger partial charge in [-0.15, -0.1) is 0 Å². The lowest BCUT2D eigenvalue weighted by molar-refractivity contribution is 0.0995. The summed E-state index contributed by atoms with van der Waals surface area (Å²) in [7, 11) is 0. The third-order valence-electron chi connectivity index (χ3n) is 2.41. The van der Waals surface area contributed by atoms with E-state index in [1.165, 1.54) is 15.2 Å². The van der Waals surface area contributed by atoms with E-state index in [0.717, 1.165) is 6.07 Å². The molecule has 0 bridgehead atoms. The molecule has 17 heavy (non-hydrogen) atoms. The zero-order valence-electron chi connectivity index (χ0n) is 9.41. The van der Waals surface area contributed by atoms with Crippen LogP contribution in [0.4, 0.5) is 0 Å². The molecular formula is C10H12N4O3. The van der Waals surface area contributed by atoms with Crippen molar-refractivity contribution >= 4 is 11.7 Å². The third-order valence-corrected chi connectivity index (χ3v) is 2.41. The van der Waals surface area contributed by atoms with Crippen molar-refractivity contribution in [1.29, 1.82) is 0 Å². The highest BCUT2D eigenvalue weighted by atomic mass is 16.3. The van der Waals surface area contributed by atoms with Gasteiger partial charge in [-0.3, -0.25) is 14.2 Å². The van der Waals surface area contributed by atoms with Crippen LogP contribution in [-0.4, -0.2) is 25.0 Å². The van der Waals surface area contributed by atoms with Gasteiger partial charge in [-0.1, -0.05) is 0 Å². The molecule has 7 nitrogen and oxygen atoms in total. The van der Waals surface area contributed by atoms with Crippen LogP contribution in [0.2, 0.25) is 0 Å². The number of nitrogens with two attached hydrogens (primary N) is 1. The molecule has 0 unspecified atom stereocenters. The van der Waals surface area contributed by atoms with Gasteiger partial charge < -0.3 is 10.8 Å². The minimum absolute atomic E-state index is 0.0915. The number of nitrogens with zero attached hydrogens (tertiary/aromatic N) is 3. The Morgan fingerprint density at radius 1 is 1.53 bits per heavy atom. The Hall–Kier alpha value is -2.31. The quantitative estimate of drug-likeness (QED) is 0.758. The SMILES string of the molecule is CC(C)n1c(O)cn2c(=O)cc(C(N)=O)nc12. The lowest BCUT2D eigenvalue weighted by Crippen LogP contribution is -2.21. The minimum atomic E-state index is -0.777. The Labute approximate surface area is 96.1 Å². The van der Waals surface area contributed by atoms with E-state index in [0.29, 0.717) is 0 Å². The van der Waals surface area contributed by atoms with Gasteiger partial charge in [0.1, 0.15) is 5.69 Å². The van der Waals surface area contributed by atoms with E-state index >= 15 is 0 Å². The first kappa shape index (κ1) is 11.2. The van der Waals surface area contributed by atoms with Gasteiger partial charge in [0, 0.05) is 12.1 Å². The maximum atomic E-state index is 11.7. The Morgan fingerprint density at radius 3 is 2.71 bits per heavy atom. The Kier molecular flexibility index (Phi) is 2.38. The summed E-state index contributed by atoms with van der Waals surface area (Å²) >= 11 is 0. The molecule has 0 radical (unpaired) electrons. The average molecular weight is 236 g/mol. The zero-order chi connectivity index (χ0) is 12.7. The van der Waals surface area contributed by atoms with Crippen LogP contribution < -0.4 is 11.3 Å². The summed E-state index contributed by atoms with van der Waals surface area (Å²) in [6, 6.07) is 0.939. The van der Waals surface area contributed by atoms with E-state index in [1.54, 1.807) is 0 Å². The smallest absolute Gasteiger partial charge is 0.267 e. The van der Waals surface area contributed by atoms with Crippen molar-refractivity contribution in [2.45, 2.75) is 19.9 Å². The van der Waals surface area contributed by atoms with Crippen LogP contribution in [0.25, 0.3) is 5.78 Å². The second-order valence-corrected chi connectivity index (χ2v) is 3.96. The highest BCUT2D eigenvalue weighted by Crippen LogP contribution is 2.19. The van der Waals surface area contributed by atoms with E-state index in [1.807, 2.05) is 13.8 Å². The Bertz CT molecular complexity index is 653. The molecule has 0 aromatic carbocycles. The third kappa shape index (κ3) is 1.65. The molecular weight excluding hydrogens is 224 g/mol. The molecule has 0 aliphatic heterocycles. The minimum Gasteiger partial charge on any atom is -0.493 e. The molecule has 0 aliphatic carbocycles. The van der Waals surface area contributed by atoms with Crippen molar-refractivity contribution < 1.29 is 9.90 Å². The van der Waals surface area contributed by atoms with Gasteiger partial charge >= 0.3 is 0 Å². The number of hydrogen-bond donors (Lipinski definition) is 2. The van der Waals surface area contributed by atoms with Crippen molar-refractivity contribution in [3.63, 3.8) is 0 Å². The molecule has 3 N–H and O–H groups in total. The zero-order valence-corrected chi connectivity index (χ0v) is 9.41. The van der Waals surface area contributed by atoms with Gasteiger partial charge in [-0.2, -0.15) is 0 Å². The number of aromatic nitrogens is 3. The number of carbonyl (C=O) groups is 1. The van der Waals surface area contributed by atoms with Crippen LogP contribution in [-0.2, 0) is 0 Å². The topological polar surface area (TPSA) is 103 Å². The van der Waals surface area contributed by atoms with Crippen LogP contribution in [0.15, 0.2) is 17.1 Å². The molecule has 0 saturated heterocycles. The summed E-state index contributed by atoms with van der Waals surface area (Å²) in [5.41, 5.74) is 4.51. The van der Waals surface area contributed by atoms with Gasteiger partial charge in [0.05, 0.1) is 6.20 Å². The first-order valence-electron chi connectivity index (χ1n) is 5.05. The van der Waals surface area contributed by atoms with Gasteiger partial charge in [-0.25, -0.2) is 9.38 Å². The molecule has 2 rings (SSSR count). The Morgan fingerprint density at radius 2 is 2.18 bits per heavy atom. The predicted octanol–water partition coefficient (Wildman–Crippen LogP) is -0.119. The van der Waals surface area contributed by atoms with Crippen molar-refractivity contribution in [1.82, 2.24) is 14.0 Å². The largest absolute Gasteiger partial charge is 0.493 e. The fraction of sp³-hybridized carbons (Fsp3) is 0.300. The molecule has 2 heterocycles. The van der Waals surface area contributed by atoms with Gasteiger partial charge in [0.25, 0.3) is 11.5 Å². The molecule has 0 spiro atoms. The second-order valence-electron chi connectivity index (χ2n) is 3.96. The first-order chi connectivity index (χ1) is 7.91. The number of carbonyl (C=O) groups excluding carboxylic acids is 1. The average Bonchev–Trinajstić information content (AvgIpc) is 2.54. The van der Waals surface area contributed by atoms with E-state index in [-0.39, 0.29) is 23.4 Å². The number of amides is 1. The molecule has 90 valence electrons. The van der Waals surface area contributed by atoms with Crippen LogP contribution in [0.5, 0.6) is 5.88 Å². The first-order valence-corrected chi connectivity index (χ1v) is 5.05. The number of rotatable bonds is 2. The van der Waals surface area contributed by atoms with Gasteiger partial charge in [0.15, 0.2) is 0 Å². The maximum Gasteiger partial charge on any atom is 0.267 e. The highest BCUT2D eigenvalue weighted by Gasteiger charge is 2.15. The second kappa shape index (κ2) is 3.62. The fourth-order valence-corrected chi connectivity index (χ4v) is 1.67. The van der Waals surface area contributed by atoms with Crippen LogP contribution in [0.1, 0.15) is 30.4 Å². The summed E-state index contributed by atoms with van der Waals surface area (Å²) in [6.07, 6.45) is 1.26. The van der Waals surface area contributed by atoms with E-state index in [2.05, 4.69) is 4.98 Å². The summed E-state index contributed by atoms with van der Waals surface area (Å²) in [5.74, 6) is -0.675. The number of imidazole rings is 1. The molecule has 2 aromatic heterocycles. The molecule has 1 amide bonds. The van der Waals surface area contributed by atoms with Crippen LogP contribution in [0.3, 0.4) is 0 Å². The molecule has 0 fully saturated rings. The summed E-state index contributed by atoms with van der Waals surface area (Å²) in [6.45, 7) is 3.64. The standard InChI is InChI=1S/C10H12N4O3/c1-5(2)14-8(16)4-13-7(15)3-6(9(11)17)12-10(13)14/h3-5,16H,1-2H3,(H2,11,17). The lowest BCUT2D eigenvalue weighted by atomic mass is 10.4. The number of primary amides is 1.